The van der Waals surface area contributed by atoms with Crippen molar-refractivity contribution < 1.29 is 14.7 Å². The number of benzene rings is 1. The number of aliphatic imine (C=N–C) groups is 1. The van der Waals surface area contributed by atoms with Gasteiger partial charge in [-0.15, -0.1) is 0 Å². The van der Waals surface area contributed by atoms with E-state index in [9.17, 15) is 9.59 Å². The number of carboxylic acids is 1. The predicted molar refractivity (Wildman–Crippen MR) is 120 cm³/mol. The van der Waals surface area contributed by atoms with Crippen molar-refractivity contribution in [2.75, 3.05) is 27.2 Å². The molecule has 1 aromatic rings. The standard InChI is InChI=1S/C15H18I3N3O3/c1-4-21(6-5-11(22)23)15(24)12-9(16)7-10(17)14(13(12)18)19-8-20(2)3/h7-8H,4-6H2,1-3H3,(H,22,23). The van der Waals surface area contributed by atoms with Crippen molar-refractivity contribution >= 4 is 91.7 Å². The quantitative estimate of drug-likeness (QED) is 0.274. The Labute approximate surface area is 182 Å². The summed E-state index contributed by atoms with van der Waals surface area (Å²) in [4.78, 5) is 31.5. The molecule has 0 spiro atoms. The van der Waals surface area contributed by atoms with Crippen LogP contribution in [0.2, 0.25) is 0 Å². The summed E-state index contributed by atoms with van der Waals surface area (Å²) in [7, 11) is 3.76. The van der Waals surface area contributed by atoms with E-state index in [-0.39, 0.29) is 18.9 Å². The minimum absolute atomic E-state index is 0.0667. The maximum absolute atomic E-state index is 12.9. The second kappa shape index (κ2) is 10.1. The van der Waals surface area contributed by atoms with Gasteiger partial charge in [0.05, 0.1) is 27.6 Å². The lowest BCUT2D eigenvalue weighted by atomic mass is 10.1. The van der Waals surface area contributed by atoms with Crippen LogP contribution in [0.3, 0.4) is 0 Å². The summed E-state index contributed by atoms with van der Waals surface area (Å²) in [6.45, 7) is 2.50. The van der Waals surface area contributed by atoms with E-state index < -0.39 is 5.97 Å². The molecule has 9 heteroatoms. The maximum Gasteiger partial charge on any atom is 0.305 e. The van der Waals surface area contributed by atoms with Crippen molar-refractivity contribution in [2.24, 2.45) is 4.99 Å². The number of aliphatic carboxylic acids is 1. The highest BCUT2D eigenvalue weighted by atomic mass is 127. The van der Waals surface area contributed by atoms with Crippen molar-refractivity contribution in [3.05, 3.63) is 22.3 Å². The van der Waals surface area contributed by atoms with E-state index in [1.54, 1.807) is 11.2 Å². The van der Waals surface area contributed by atoms with Crippen LogP contribution in [0.1, 0.15) is 23.7 Å². The average Bonchev–Trinajstić information content (AvgIpc) is 2.46. The Morgan fingerprint density at radius 3 is 2.38 bits per heavy atom. The van der Waals surface area contributed by atoms with E-state index in [1.807, 2.05) is 32.0 Å². The Hall–Kier alpha value is -0.180. The molecule has 0 fully saturated rings. The lowest BCUT2D eigenvalue weighted by Gasteiger charge is -2.22. The number of carbonyl (C=O) groups excluding carboxylic acids is 1. The Morgan fingerprint density at radius 2 is 1.88 bits per heavy atom. The van der Waals surface area contributed by atoms with Gasteiger partial charge in [0.25, 0.3) is 5.91 Å². The van der Waals surface area contributed by atoms with Gasteiger partial charge in [-0.2, -0.15) is 0 Å². The lowest BCUT2D eigenvalue weighted by molar-refractivity contribution is -0.137. The number of carbonyl (C=O) groups is 2. The fourth-order valence-electron chi connectivity index (χ4n) is 1.86. The summed E-state index contributed by atoms with van der Waals surface area (Å²) in [5.74, 6) is -1.07. The van der Waals surface area contributed by atoms with Crippen LogP contribution in [0.15, 0.2) is 11.1 Å². The molecule has 0 heterocycles. The van der Waals surface area contributed by atoms with E-state index in [2.05, 4.69) is 72.8 Å². The third-order valence-electron chi connectivity index (χ3n) is 3.04. The average molecular weight is 669 g/mol. The Morgan fingerprint density at radius 1 is 1.25 bits per heavy atom. The molecule has 6 nitrogen and oxygen atoms in total. The molecule has 1 amide bonds. The third kappa shape index (κ3) is 5.97. The first-order valence-electron chi connectivity index (χ1n) is 7.08. The summed E-state index contributed by atoms with van der Waals surface area (Å²) in [5.41, 5.74) is 1.33. The first-order chi connectivity index (χ1) is 11.2. The van der Waals surface area contributed by atoms with Gasteiger partial charge in [-0.3, -0.25) is 9.59 Å². The molecule has 0 bridgehead atoms. The summed E-state index contributed by atoms with van der Waals surface area (Å²) in [5, 5.41) is 8.86. The van der Waals surface area contributed by atoms with E-state index in [1.165, 1.54) is 0 Å². The highest BCUT2D eigenvalue weighted by Gasteiger charge is 2.23. The molecule has 0 aliphatic heterocycles. The smallest absolute Gasteiger partial charge is 0.305 e. The van der Waals surface area contributed by atoms with Gasteiger partial charge < -0.3 is 14.9 Å². The molecule has 0 atom stereocenters. The van der Waals surface area contributed by atoms with Crippen LogP contribution in [0, 0.1) is 10.7 Å². The van der Waals surface area contributed by atoms with E-state index in [0.717, 1.165) is 16.4 Å². The van der Waals surface area contributed by atoms with Gasteiger partial charge in [-0.1, -0.05) is 0 Å². The minimum atomic E-state index is -0.912. The van der Waals surface area contributed by atoms with E-state index in [0.29, 0.717) is 12.1 Å². The first kappa shape index (κ1) is 21.9. The van der Waals surface area contributed by atoms with Crippen molar-refractivity contribution in [1.82, 2.24) is 9.80 Å². The highest BCUT2D eigenvalue weighted by Crippen LogP contribution is 2.34. The van der Waals surface area contributed by atoms with E-state index >= 15 is 0 Å². The van der Waals surface area contributed by atoms with Crippen LogP contribution in [0.4, 0.5) is 5.69 Å². The zero-order chi connectivity index (χ0) is 18.4. The molecule has 0 saturated heterocycles. The summed E-state index contributed by atoms with van der Waals surface area (Å²) in [6, 6.07) is 1.92. The predicted octanol–water partition coefficient (Wildman–Crippen LogP) is 3.66. The lowest BCUT2D eigenvalue weighted by Crippen LogP contribution is -2.34. The number of halogens is 3. The first-order valence-corrected chi connectivity index (χ1v) is 10.3. The minimum Gasteiger partial charge on any atom is -0.481 e. The monoisotopic (exact) mass is 669 g/mol. The molecule has 1 N–H and O–H groups in total. The Kier molecular flexibility index (Phi) is 9.19. The number of hydrogen-bond acceptors (Lipinski definition) is 3. The molecule has 132 valence electrons. The maximum atomic E-state index is 12.9. The second-order valence-electron chi connectivity index (χ2n) is 5.11. The third-order valence-corrected chi connectivity index (χ3v) is 5.77. The fraction of sp³-hybridized carbons (Fsp3) is 0.400. The molecule has 0 saturated carbocycles. The van der Waals surface area contributed by atoms with Crippen LogP contribution in [0.25, 0.3) is 0 Å². The number of rotatable bonds is 7. The summed E-state index contributed by atoms with van der Waals surface area (Å²) >= 11 is 6.49. The van der Waals surface area contributed by atoms with Crippen molar-refractivity contribution in [1.29, 1.82) is 0 Å². The van der Waals surface area contributed by atoms with Gasteiger partial charge in [0.2, 0.25) is 0 Å². The molecule has 0 aromatic heterocycles. The SMILES string of the molecule is CCN(CCC(=O)O)C(=O)c1c(I)cc(I)c(N=CN(C)C)c1I. The second-order valence-corrected chi connectivity index (χ2v) is 8.52. The van der Waals surface area contributed by atoms with Gasteiger partial charge in [0.1, 0.15) is 0 Å². The number of amides is 1. The zero-order valence-electron chi connectivity index (χ0n) is 13.5. The van der Waals surface area contributed by atoms with Crippen molar-refractivity contribution in [3.8, 4) is 0 Å². The van der Waals surface area contributed by atoms with Gasteiger partial charge >= 0.3 is 5.97 Å². The van der Waals surface area contributed by atoms with Crippen LogP contribution >= 0.6 is 67.8 Å². The highest BCUT2D eigenvalue weighted by molar-refractivity contribution is 14.1. The zero-order valence-corrected chi connectivity index (χ0v) is 20.0. The molecule has 24 heavy (non-hydrogen) atoms. The van der Waals surface area contributed by atoms with Gasteiger partial charge in [0.15, 0.2) is 0 Å². The topological polar surface area (TPSA) is 73.2 Å². The Balaban J connectivity index is 3.29. The molecular weight excluding hydrogens is 651 g/mol. The Bertz CT molecular complexity index is 663. The van der Waals surface area contributed by atoms with Gasteiger partial charge in [-0.25, -0.2) is 4.99 Å². The van der Waals surface area contributed by atoms with Gasteiger partial charge in [0, 0.05) is 34.3 Å². The molecule has 1 aromatic carbocycles. The molecule has 1 rings (SSSR count). The largest absolute Gasteiger partial charge is 0.481 e. The number of hydrogen-bond donors (Lipinski definition) is 1. The molecular formula is C15H18I3N3O3. The van der Waals surface area contributed by atoms with Crippen LogP contribution in [-0.2, 0) is 4.79 Å². The fourth-order valence-corrected chi connectivity index (χ4v) is 5.97. The summed E-state index contributed by atoms with van der Waals surface area (Å²) < 4.78 is 2.58. The normalized spacial score (nSPS) is 10.9. The van der Waals surface area contributed by atoms with E-state index in [4.69, 9.17) is 5.11 Å². The van der Waals surface area contributed by atoms with Crippen molar-refractivity contribution in [2.45, 2.75) is 13.3 Å². The summed E-state index contributed by atoms with van der Waals surface area (Å²) in [6.07, 6.45) is 1.63. The van der Waals surface area contributed by atoms with Crippen LogP contribution in [-0.4, -0.2) is 60.3 Å². The number of carboxylic acid groups (broad SMARTS) is 1. The van der Waals surface area contributed by atoms with Gasteiger partial charge in [-0.05, 0) is 80.8 Å². The molecule has 0 unspecified atom stereocenters. The number of nitrogens with zero attached hydrogens (tertiary/aromatic N) is 3. The van der Waals surface area contributed by atoms with Crippen molar-refractivity contribution in [3.63, 3.8) is 0 Å². The van der Waals surface area contributed by atoms with Crippen LogP contribution in [0.5, 0.6) is 0 Å². The molecule has 0 radical (unpaired) electrons. The molecule has 0 aliphatic rings. The van der Waals surface area contributed by atoms with Crippen LogP contribution < -0.4 is 0 Å². The molecule has 0 aliphatic carbocycles.